The maximum Gasteiger partial charge on any atom is 0.273 e. The Morgan fingerprint density at radius 3 is 2.45 bits per heavy atom. The lowest BCUT2D eigenvalue weighted by atomic mass is 10.1. The first-order chi connectivity index (χ1) is 14.0. The average Bonchev–Trinajstić information content (AvgIpc) is 2.75. The molecule has 1 amide bonds. The van der Waals surface area contributed by atoms with E-state index >= 15 is 0 Å². The van der Waals surface area contributed by atoms with Gasteiger partial charge in [-0.2, -0.15) is 0 Å². The maximum absolute atomic E-state index is 12.5. The first-order valence-corrected chi connectivity index (χ1v) is 9.73. The molecule has 0 bridgehead atoms. The van der Waals surface area contributed by atoms with Crippen molar-refractivity contribution in [2.24, 2.45) is 0 Å². The number of benzene rings is 2. The number of nitrogens with zero attached hydrogens (tertiary/aromatic N) is 2. The Bertz CT molecular complexity index is 863. The fourth-order valence-electron chi connectivity index (χ4n) is 3.37. The molecule has 8 heteroatoms. The molecule has 0 aliphatic carbocycles. The first-order valence-electron chi connectivity index (χ1n) is 9.73. The van der Waals surface area contributed by atoms with Gasteiger partial charge in [0, 0.05) is 30.5 Å². The number of nitro groups is 1. The number of amides is 1. The molecule has 0 aromatic heterocycles. The molecule has 2 N–H and O–H groups in total. The second-order valence-corrected chi connectivity index (χ2v) is 7.09. The van der Waals surface area contributed by atoms with Gasteiger partial charge < -0.3 is 20.3 Å². The van der Waals surface area contributed by atoms with Gasteiger partial charge >= 0.3 is 0 Å². The van der Waals surface area contributed by atoms with Crippen molar-refractivity contribution >= 4 is 28.7 Å². The van der Waals surface area contributed by atoms with Crippen molar-refractivity contribution in [1.82, 2.24) is 0 Å². The van der Waals surface area contributed by atoms with E-state index in [1.165, 1.54) is 50.3 Å². The van der Waals surface area contributed by atoms with Crippen LogP contribution < -0.4 is 20.3 Å². The second kappa shape index (κ2) is 9.27. The lowest BCUT2D eigenvalue weighted by Gasteiger charge is -2.29. The molecule has 1 saturated heterocycles. The fourth-order valence-corrected chi connectivity index (χ4v) is 3.37. The molecule has 8 nitrogen and oxygen atoms in total. The largest absolute Gasteiger partial charge is 0.494 e. The summed E-state index contributed by atoms with van der Waals surface area (Å²) in [6, 6.07) is 11.7. The molecule has 0 spiro atoms. The highest BCUT2D eigenvalue weighted by molar-refractivity contribution is 5.97. The molecule has 1 atom stereocenters. The molecule has 0 saturated carbocycles. The third-order valence-corrected chi connectivity index (χ3v) is 5.02. The van der Waals surface area contributed by atoms with E-state index in [-0.39, 0.29) is 17.3 Å². The number of hydrogen-bond donors (Lipinski definition) is 2. The van der Waals surface area contributed by atoms with Crippen molar-refractivity contribution in [1.29, 1.82) is 0 Å². The zero-order chi connectivity index (χ0) is 20.8. The summed E-state index contributed by atoms with van der Waals surface area (Å²) in [5.74, 6) is -0.0251. The number of carbonyl (C=O) groups is 1. The van der Waals surface area contributed by atoms with E-state index in [0.29, 0.717) is 5.69 Å². The topological polar surface area (TPSA) is 96.7 Å². The van der Waals surface area contributed by atoms with Gasteiger partial charge in [-0.15, -0.1) is 0 Å². The van der Waals surface area contributed by atoms with Crippen LogP contribution in [-0.2, 0) is 4.79 Å². The van der Waals surface area contributed by atoms with Crippen LogP contribution in [0.2, 0.25) is 0 Å². The predicted octanol–water partition coefficient (Wildman–Crippen LogP) is 4.03. The van der Waals surface area contributed by atoms with Crippen LogP contribution in [0.3, 0.4) is 0 Å². The number of ether oxygens (including phenoxy) is 1. The summed E-state index contributed by atoms with van der Waals surface area (Å²) in [4.78, 5) is 25.3. The van der Waals surface area contributed by atoms with Gasteiger partial charge in [0.15, 0.2) is 0 Å². The molecular formula is C21H26N4O4. The molecule has 2 aromatic carbocycles. The molecule has 2 aromatic rings. The average molecular weight is 398 g/mol. The van der Waals surface area contributed by atoms with Crippen molar-refractivity contribution in [3.63, 3.8) is 0 Å². The van der Waals surface area contributed by atoms with Crippen LogP contribution in [0, 0.1) is 10.1 Å². The molecule has 1 fully saturated rings. The summed E-state index contributed by atoms with van der Waals surface area (Å²) >= 11 is 0. The SMILES string of the molecule is COc1cc([N+](=O)[O-])ccc1NC(=O)[C@H](C)Nc1ccc(N2CCCCC2)cc1. The number of anilines is 3. The van der Waals surface area contributed by atoms with E-state index in [9.17, 15) is 14.9 Å². The van der Waals surface area contributed by atoms with E-state index in [1.807, 2.05) is 12.1 Å². The molecule has 1 aliphatic heterocycles. The Labute approximate surface area is 170 Å². The van der Waals surface area contributed by atoms with Crippen molar-refractivity contribution in [2.75, 3.05) is 35.7 Å². The molecule has 0 radical (unpaired) electrons. The monoisotopic (exact) mass is 398 g/mol. The van der Waals surface area contributed by atoms with Gasteiger partial charge in [0.05, 0.1) is 23.8 Å². The predicted molar refractivity (Wildman–Crippen MR) is 114 cm³/mol. The minimum Gasteiger partial charge on any atom is -0.494 e. The highest BCUT2D eigenvalue weighted by Crippen LogP contribution is 2.29. The number of carbonyl (C=O) groups excluding carboxylic acids is 1. The number of nitrogens with one attached hydrogen (secondary N) is 2. The van der Waals surface area contributed by atoms with E-state index in [0.717, 1.165) is 18.8 Å². The summed E-state index contributed by atoms with van der Waals surface area (Å²) < 4.78 is 5.16. The van der Waals surface area contributed by atoms with Crippen LogP contribution in [0.4, 0.5) is 22.7 Å². The lowest BCUT2D eigenvalue weighted by Crippen LogP contribution is -2.32. The van der Waals surface area contributed by atoms with Crippen LogP contribution in [0.1, 0.15) is 26.2 Å². The highest BCUT2D eigenvalue weighted by Gasteiger charge is 2.18. The molecule has 154 valence electrons. The zero-order valence-corrected chi connectivity index (χ0v) is 16.7. The molecule has 0 unspecified atom stereocenters. The van der Waals surface area contributed by atoms with E-state index < -0.39 is 11.0 Å². The van der Waals surface area contributed by atoms with Gasteiger partial charge in [0.25, 0.3) is 5.69 Å². The molecule has 1 aliphatic rings. The fraction of sp³-hybridized carbons (Fsp3) is 0.381. The number of piperidine rings is 1. The van der Waals surface area contributed by atoms with Gasteiger partial charge in [-0.3, -0.25) is 14.9 Å². The molecule has 1 heterocycles. The maximum atomic E-state index is 12.5. The first kappa shape index (κ1) is 20.4. The Hall–Kier alpha value is -3.29. The standard InChI is InChI=1S/C21H26N4O4/c1-15(21(26)23-19-11-10-18(25(27)28)14-20(19)29-2)22-16-6-8-17(9-7-16)24-12-4-3-5-13-24/h6-11,14-15,22H,3-5,12-13H2,1-2H3,(H,23,26)/t15-/m0/s1. The third-order valence-electron chi connectivity index (χ3n) is 5.02. The summed E-state index contributed by atoms with van der Waals surface area (Å²) in [7, 11) is 1.40. The van der Waals surface area contributed by atoms with Crippen LogP contribution >= 0.6 is 0 Å². The Balaban J connectivity index is 1.61. The van der Waals surface area contributed by atoms with Crippen molar-refractivity contribution in [3.05, 3.63) is 52.6 Å². The second-order valence-electron chi connectivity index (χ2n) is 7.09. The Morgan fingerprint density at radius 2 is 1.83 bits per heavy atom. The minimum atomic E-state index is -0.508. The normalized spacial score (nSPS) is 14.8. The third kappa shape index (κ3) is 5.16. The van der Waals surface area contributed by atoms with Crippen LogP contribution in [0.5, 0.6) is 5.75 Å². The van der Waals surface area contributed by atoms with Gasteiger partial charge in [-0.1, -0.05) is 0 Å². The molecular weight excluding hydrogens is 372 g/mol. The van der Waals surface area contributed by atoms with Crippen molar-refractivity contribution < 1.29 is 14.5 Å². The lowest BCUT2D eigenvalue weighted by molar-refractivity contribution is -0.384. The van der Waals surface area contributed by atoms with Crippen LogP contribution in [0.25, 0.3) is 0 Å². The minimum absolute atomic E-state index is 0.0974. The molecule has 29 heavy (non-hydrogen) atoms. The number of methoxy groups -OCH3 is 1. The number of hydrogen-bond acceptors (Lipinski definition) is 6. The smallest absolute Gasteiger partial charge is 0.273 e. The summed E-state index contributed by atoms with van der Waals surface area (Å²) in [6.45, 7) is 3.93. The number of non-ortho nitro benzene ring substituents is 1. The van der Waals surface area contributed by atoms with Crippen LogP contribution in [0.15, 0.2) is 42.5 Å². The summed E-state index contributed by atoms with van der Waals surface area (Å²) in [6.07, 6.45) is 3.74. The van der Waals surface area contributed by atoms with Crippen LogP contribution in [-0.4, -0.2) is 37.1 Å². The van der Waals surface area contributed by atoms with Gasteiger partial charge in [0.1, 0.15) is 11.8 Å². The zero-order valence-electron chi connectivity index (χ0n) is 16.7. The van der Waals surface area contributed by atoms with E-state index in [4.69, 9.17) is 4.74 Å². The van der Waals surface area contributed by atoms with E-state index in [2.05, 4.69) is 27.7 Å². The molecule has 3 rings (SSSR count). The quantitative estimate of drug-likeness (QED) is 0.540. The van der Waals surface area contributed by atoms with Gasteiger partial charge in [-0.25, -0.2) is 0 Å². The van der Waals surface area contributed by atoms with Gasteiger partial charge in [0.2, 0.25) is 5.91 Å². The summed E-state index contributed by atoms with van der Waals surface area (Å²) in [5.41, 5.74) is 2.34. The highest BCUT2D eigenvalue weighted by atomic mass is 16.6. The van der Waals surface area contributed by atoms with Gasteiger partial charge in [-0.05, 0) is 56.5 Å². The van der Waals surface area contributed by atoms with Crippen molar-refractivity contribution in [2.45, 2.75) is 32.2 Å². The summed E-state index contributed by atoms with van der Waals surface area (Å²) in [5, 5.41) is 16.8. The number of nitro benzene ring substituents is 1. The Kier molecular flexibility index (Phi) is 6.54. The van der Waals surface area contributed by atoms with E-state index in [1.54, 1.807) is 6.92 Å². The Morgan fingerprint density at radius 1 is 1.14 bits per heavy atom. The van der Waals surface area contributed by atoms with Crippen molar-refractivity contribution in [3.8, 4) is 5.75 Å². The number of rotatable bonds is 7.